The second-order valence-corrected chi connectivity index (χ2v) is 3.09. The first-order chi connectivity index (χ1) is 7.39. The third-order valence-electron chi connectivity index (χ3n) is 1.73. The number of amidine groups is 1. The van der Waals surface area contributed by atoms with Crippen LogP contribution in [0.2, 0.25) is 0 Å². The van der Waals surface area contributed by atoms with E-state index in [4.69, 9.17) is 11.1 Å². The van der Waals surface area contributed by atoms with Gasteiger partial charge in [-0.05, 0) is 18.2 Å². The van der Waals surface area contributed by atoms with Crippen LogP contribution >= 0.6 is 0 Å². The lowest BCUT2D eigenvalue weighted by atomic mass is 10.2. The largest absolute Gasteiger partial charge is 0.416 e. The molecule has 0 bridgehead atoms. The van der Waals surface area contributed by atoms with Crippen molar-refractivity contribution in [2.45, 2.75) is 12.6 Å². The van der Waals surface area contributed by atoms with E-state index in [0.29, 0.717) is 0 Å². The van der Waals surface area contributed by atoms with Gasteiger partial charge in [-0.1, -0.05) is 6.07 Å². The Morgan fingerprint density at radius 2 is 2.12 bits per heavy atom. The third kappa shape index (κ3) is 3.72. The zero-order chi connectivity index (χ0) is 12.2. The van der Waals surface area contributed by atoms with Crippen LogP contribution in [0.15, 0.2) is 29.3 Å². The minimum atomic E-state index is -4.37. The highest BCUT2D eigenvalue weighted by Gasteiger charge is 2.30. The lowest BCUT2D eigenvalue weighted by Crippen LogP contribution is -2.09. The van der Waals surface area contributed by atoms with E-state index in [1.165, 1.54) is 18.3 Å². The van der Waals surface area contributed by atoms with E-state index in [-0.39, 0.29) is 17.9 Å². The number of nitrogens with zero attached hydrogens (tertiary/aromatic N) is 1. The molecule has 86 valence electrons. The molecule has 0 atom stereocenters. The van der Waals surface area contributed by atoms with Crippen molar-refractivity contribution < 1.29 is 13.2 Å². The Labute approximate surface area is 90.3 Å². The molecule has 0 unspecified atom stereocenters. The molecule has 0 aromatic heterocycles. The van der Waals surface area contributed by atoms with Crippen molar-refractivity contribution in [3.05, 3.63) is 29.8 Å². The van der Waals surface area contributed by atoms with Crippen molar-refractivity contribution in [1.29, 1.82) is 5.41 Å². The molecule has 1 aromatic carbocycles. The molecule has 0 aliphatic carbocycles. The van der Waals surface area contributed by atoms with Crippen LogP contribution in [0.25, 0.3) is 0 Å². The van der Waals surface area contributed by atoms with Crippen LogP contribution in [-0.2, 0) is 6.18 Å². The molecule has 0 saturated heterocycles. The van der Waals surface area contributed by atoms with Crippen molar-refractivity contribution in [2.75, 3.05) is 0 Å². The lowest BCUT2D eigenvalue weighted by molar-refractivity contribution is -0.137. The van der Waals surface area contributed by atoms with Crippen LogP contribution < -0.4 is 5.73 Å². The Hall–Kier alpha value is -1.85. The summed E-state index contributed by atoms with van der Waals surface area (Å²) in [6.45, 7) is 0. The Kier molecular flexibility index (Phi) is 3.65. The summed E-state index contributed by atoms with van der Waals surface area (Å²) in [4.78, 5) is 3.77. The van der Waals surface area contributed by atoms with E-state index in [2.05, 4.69) is 4.99 Å². The molecule has 0 spiro atoms. The lowest BCUT2D eigenvalue weighted by Gasteiger charge is -2.06. The number of benzene rings is 1. The highest BCUT2D eigenvalue weighted by Crippen LogP contribution is 2.31. The molecule has 3 N–H and O–H groups in total. The Balaban J connectivity index is 2.83. The van der Waals surface area contributed by atoms with E-state index in [0.717, 1.165) is 12.1 Å². The van der Waals surface area contributed by atoms with E-state index < -0.39 is 11.7 Å². The maximum Gasteiger partial charge on any atom is 0.416 e. The molecule has 0 amide bonds. The maximum atomic E-state index is 12.3. The van der Waals surface area contributed by atoms with Crippen molar-refractivity contribution >= 4 is 17.7 Å². The number of alkyl halides is 3. The molecule has 0 saturated carbocycles. The fraction of sp³-hybridized carbons (Fsp3) is 0.200. The maximum absolute atomic E-state index is 12.3. The summed E-state index contributed by atoms with van der Waals surface area (Å²) in [5, 5.41) is 6.91. The second-order valence-electron chi connectivity index (χ2n) is 3.09. The number of hydrogen-bond donors (Lipinski definition) is 2. The first-order valence-corrected chi connectivity index (χ1v) is 4.42. The van der Waals surface area contributed by atoms with Crippen molar-refractivity contribution in [1.82, 2.24) is 0 Å². The van der Waals surface area contributed by atoms with Gasteiger partial charge in [-0.3, -0.25) is 10.4 Å². The molecule has 1 rings (SSSR count). The standard InChI is InChI=1S/C10H10F3N3/c11-10(12,13)7-2-1-3-8(6-7)16-5-4-9(14)15/h1-3,5-6H,4H2,(H3,14,15). The fourth-order valence-corrected chi connectivity index (χ4v) is 1.01. The molecule has 0 heterocycles. The van der Waals surface area contributed by atoms with Crippen LogP contribution in [0.1, 0.15) is 12.0 Å². The van der Waals surface area contributed by atoms with Crippen LogP contribution in [0.3, 0.4) is 0 Å². The van der Waals surface area contributed by atoms with Crippen molar-refractivity contribution in [3.8, 4) is 0 Å². The van der Waals surface area contributed by atoms with Crippen LogP contribution in [-0.4, -0.2) is 12.1 Å². The fourth-order valence-electron chi connectivity index (χ4n) is 1.01. The van der Waals surface area contributed by atoms with Gasteiger partial charge in [0, 0.05) is 12.6 Å². The molecular weight excluding hydrogens is 219 g/mol. The number of halogens is 3. The molecule has 16 heavy (non-hydrogen) atoms. The summed E-state index contributed by atoms with van der Waals surface area (Å²) in [6.07, 6.45) is -2.94. The summed E-state index contributed by atoms with van der Waals surface area (Å²) in [5.74, 6) is -0.0873. The van der Waals surface area contributed by atoms with E-state index in [1.807, 2.05) is 0 Å². The molecule has 0 radical (unpaired) electrons. The van der Waals surface area contributed by atoms with Crippen molar-refractivity contribution in [2.24, 2.45) is 10.7 Å². The average Bonchev–Trinajstić information content (AvgIpc) is 2.16. The topological polar surface area (TPSA) is 62.2 Å². The molecule has 3 nitrogen and oxygen atoms in total. The molecule has 1 aromatic rings. The molecular formula is C10H10F3N3. The van der Waals surface area contributed by atoms with Crippen molar-refractivity contribution in [3.63, 3.8) is 0 Å². The Morgan fingerprint density at radius 3 is 2.69 bits per heavy atom. The molecule has 0 fully saturated rings. The van der Waals surface area contributed by atoms with Gasteiger partial charge < -0.3 is 5.73 Å². The van der Waals surface area contributed by atoms with Gasteiger partial charge in [-0.2, -0.15) is 13.2 Å². The molecule has 0 aliphatic rings. The number of hydrogen-bond acceptors (Lipinski definition) is 2. The quantitative estimate of drug-likeness (QED) is 0.607. The third-order valence-corrected chi connectivity index (χ3v) is 1.73. The van der Waals surface area contributed by atoms with Gasteiger partial charge in [-0.25, -0.2) is 0 Å². The minimum absolute atomic E-state index is 0.0873. The van der Waals surface area contributed by atoms with E-state index in [9.17, 15) is 13.2 Å². The predicted molar refractivity (Wildman–Crippen MR) is 56.1 cm³/mol. The normalized spacial score (nSPS) is 11.9. The van der Waals surface area contributed by atoms with Crippen LogP contribution in [0, 0.1) is 5.41 Å². The van der Waals surface area contributed by atoms with Gasteiger partial charge in [-0.15, -0.1) is 0 Å². The first-order valence-electron chi connectivity index (χ1n) is 4.42. The smallest absolute Gasteiger partial charge is 0.387 e. The van der Waals surface area contributed by atoms with Gasteiger partial charge >= 0.3 is 6.18 Å². The van der Waals surface area contributed by atoms with Gasteiger partial charge in [0.2, 0.25) is 0 Å². The molecule has 0 aliphatic heterocycles. The van der Waals surface area contributed by atoms with Gasteiger partial charge in [0.25, 0.3) is 0 Å². The summed E-state index contributed by atoms with van der Waals surface area (Å²) in [6, 6.07) is 4.65. The Morgan fingerprint density at radius 1 is 1.44 bits per heavy atom. The van der Waals surface area contributed by atoms with Gasteiger partial charge in [0.15, 0.2) is 0 Å². The number of rotatable bonds is 3. The van der Waals surface area contributed by atoms with Gasteiger partial charge in [0.1, 0.15) is 0 Å². The van der Waals surface area contributed by atoms with E-state index >= 15 is 0 Å². The highest BCUT2D eigenvalue weighted by molar-refractivity contribution is 5.91. The van der Waals surface area contributed by atoms with Crippen LogP contribution in [0.5, 0.6) is 0 Å². The van der Waals surface area contributed by atoms with E-state index in [1.54, 1.807) is 0 Å². The first kappa shape index (κ1) is 12.2. The number of nitrogens with one attached hydrogen (secondary N) is 1. The highest BCUT2D eigenvalue weighted by atomic mass is 19.4. The van der Waals surface area contributed by atoms with Gasteiger partial charge in [0.05, 0.1) is 17.1 Å². The zero-order valence-electron chi connectivity index (χ0n) is 8.25. The molecule has 6 heteroatoms. The summed E-state index contributed by atoms with van der Waals surface area (Å²) in [7, 11) is 0. The Bertz CT molecular complexity index is 410. The minimum Gasteiger partial charge on any atom is -0.387 e. The summed E-state index contributed by atoms with van der Waals surface area (Å²) >= 11 is 0. The number of nitrogens with two attached hydrogens (primary N) is 1. The monoisotopic (exact) mass is 229 g/mol. The SMILES string of the molecule is N=C(N)CC=Nc1cccc(C(F)(F)F)c1. The second kappa shape index (κ2) is 4.78. The predicted octanol–water partition coefficient (Wildman–Crippen LogP) is 2.73. The summed E-state index contributed by atoms with van der Waals surface area (Å²) < 4.78 is 36.9. The average molecular weight is 229 g/mol. The summed E-state index contributed by atoms with van der Waals surface area (Å²) in [5.41, 5.74) is 4.51. The van der Waals surface area contributed by atoms with Crippen LogP contribution in [0.4, 0.5) is 18.9 Å². The number of aliphatic imine (C=N–C) groups is 1. The zero-order valence-corrected chi connectivity index (χ0v) is 8.25.